The molecule has 2 aromatic carbocycles. The zero-order chi connectivity index (χ0) is 33.8. The number of carbonyl (C=O) groups excluding carboxylic acids is 2. The van der Waals surface area contributed by atoms with E-state index in [9.17, 15) is 20.1 Å². The Kier molecular flexibility index (Phi) is 17.1. The summed E-state index contributed by atoms with van der Waals surface area (Å²) >= 11 is 8.81. The molecule has 17 heteroatoms. The number of halogens is 3. The summed E-state index contributed by atoms with van der Waals surface area (Å²) in [4.78, 5) is 32.6. The number of nitrogens with two attached hydrogens (primary N) is 3. The molecule has 49 heavy (non-hydrogen) atoms. The van der Waals surface area contributed by atoms with Gasteiger partial charge in [-0.05, 0) is 36.2 Å². The Hall–Kier alpha value is -4.12. The molecule has 0 saturated carbocycles. The Morgan fingerprint density at radius 1 is 1.00 bits per heavy atom. The van der Waals surface area contributed by atoms with Crippen LogP contribution in [0.5, 0.6) is 5.75 Å². The number of hydrogen-bond acceptors (Lipinski definition) is 13. The summed E-state index contributed by atoms with van der Waals surface area (Å²) in [5.74, 6) is -0.126. The SMILES string of the molecule is Cl.Cl.N#Cc1c(N)nc(SCc2csc(-c3ccc(Cl)cc3)n2)c(C#N)c1-c1ccc(OCCOC(=O)[C@H](CCC(N)=O)NCCN)cc1. The molecule has 1 amide bonds. The number of ether oxygens (including phenoxy) is 2. The van der Waals surface area contributed by atoms with Gasteiger partial charge in [0.25, 0.3) is 0 Å². The summed E-state index contributed by atoms with van der Waals surface area (Å²) in [5, 5.41) is 26.8. The van der Waals surface area contributed by atoms with Gasteiger partial charge in [0.2, 0.25) is 5.91 Å². The van der Waals surface area contributed by atoms with Crippen molar-refractivity contribution in [3.8, 4) is 39.6 Å². The maximum Gasteiger partial charge on any atom is 0.323 e. The molecule has 12 nitrogen and oxygen atoms in total. The third kappa shape index (κ3) is 11.5. The first-order chi connectivity index (χ1) is 22.7. The molecular weight excluding hydrogens is 731 g/mol. The molecule has 0 aliphatic carbocycles. The van der Waals surface area contributed by atoms with Gasteiger partial charge in [-0.25, -0.2) is 9.97 Å². The van der Waals surface area contributed by atoms with Crippen LogP contribution in [0.15, 0.2) is 58.9 Å². The van der Waals surface area contributed by atoms with Gasteiger partial charge in [0, 0.05) is 46.8 Å². The van der Waals surface area contributed by atoms with E-state index in [4.69, 9.17) is 43.3 Å². The molecule has 0 fully saturated rings. The number of nitriles is 2. The van der Waals surface area contributed by atoms with Crippen molar-refractivity contribution in [2.24, 2.45) is 11.5 Å². The van der Waals surface area contributed by atoms with Crippen LogP contribution in [0.25, 0.3) is 21.7 Å². The van der Waals surface area contributed by atoms with E-state index in [1.54, 1.807) is 24.3 Å². The predicted molar refractivity (Wildman–Crippen MR) is 196 cm³/mol. The number of esters is 1. The van der Waals surface area contributed by atoms with Crippen molar-refractivity contribution >= 4 is 77.2 Å². The minimum absolute atomic E-state index is 0. The van der Waals surface area contributed by atoms with Gasteiger partial charge in [-0.2, -0.15) is 10.5 Å². The lowest BCUT2D eigenvalue weighted by Crippen LogP contribution is -2.41. The summed E-state index contributed by atoms with van der Waals surface area (Å²) in [6, 6.07) is 17.8. The number of aromatic nitrogens is 2. The average Bonchev–Trinajstić information content (AvgIpc) is 3.55. The normalized spacial score (nSPS) is 10.9. The minimum atomic E-state index is -0.710. The molecule has 1 atom stereocenters. The van der Waals surface area contributed by atoms with E-state index in [1.165, 1.54) is 23.1 Å². The highest BCUT2D eigenvalue weighted by molar-refractivity contribution is 7.98. The second-order valence-electron chi connectivity index (χ2n) is 9.93. The fourth-order valence-electron chi connectivity index (χ4n) is 4.40. The van der Waals surface area contributed by atoms with Crippen LogP contribution in [0.3, 0.4) is 0 Å². The highest BCUT2D eigenvalue weighted by Gasteiger charge is 2.22. The van der Waals surface area contributed by atoms with Crippen molar-refractivity contribution in [2.75, 3.05) is 32.0 Å². The number of thiazole rings is 1. The highest BCUT2D eigenvalue weighted by Crippen LogP contribution is 2.37. The third-order valence-corrected chi connectivity index (χ3v) is 8.85. The smallest absolute Gasteiger partial charge is 0.323 e. The number of nitrogens with zero attached hydrogens (tertiary/aromatic N) is 4. The summed E-state index contributed by atoms with van der Waals surface area (Å²) in [5.41, 5.74) is 19.9. The van der Waals surface area contributed by atoms with Crippen molar-refractivity contribution < 1.29 is 19.1 Å². The van der Waals surface area contributed by atoms with Gasteiger partial charge in [0.05, 0.1) is 11.3 Å². The lowest BCUT2D eigenvalue weighted by molar-refractivity contribution is -0.147. The summed E-state index contributed by atoms with van der Waals surface area (Å²) in [7, 11) is 0. The molecule has 0 unspecified atom stereocenters. The van der Waals surface area contributed by atoms with E-state index in [0.717, 1.165) is 16.3 Å². The topological polar surface area (TPSA) is 216 Å². The molecule has 4 rings (SSSR count). The first kappa shape index (κ1) is 41.1. The Morgan fingerprint density at radius 3 is 2.31 bits per heavy atom. The monoisotopic (exact) mass is 762 g/mol. The number of nitrogen functional groups attached to an aromatic ring is 1. The predicted octanol–water partition coefficient (Wildman–Crippen LogP) is 5.09. The van der Waals surface area contributed by atoms with E-state index < -0.39 is 17.9 Å². The Morgan fingerprint density at radius 2 is 1.67 bits per heavy atom. The molecule has 0 bridgehead atoms. The molecule has 7 N–H and O–H groups in total. The first-order valence-corrected chi connectivity index (χ1v) is 16.6. The number of pyridine rings is 1. The van der Waals surface area contributed by atoms with Gasteiger partial charge < -0.3 is 32.0 Å². The molecule has 2 aromatic heterocycles. The van der Waals surface area contributed by atoms with Gasteiger partial charge in [0.1, 0.15) is 58.6 Å². The van der Waals surface area contributed by atoms with Gasteiger partial charge in [-0.15, -0.1) is 36.2 Å². The fraction of sp³-hybridized carbons (Fsp3) is 0.250. The van der Waals surface area contributed by atoms with Gasteiger partial charge in [-0.1, -0.05) is 47.6 Å². The van der Waals surface area contributed by atoms with E-state index in [1.807, 2.05) is 29.6 Å². The van der Waals surface area contributed by atoms with Crippen LogP contribution in [-0.4, -0.2) is 54.2 Å². The lowest BCUT2D eigenvalue weighted by atomic mass is 9.97. The second kappa shape index (κ2) is 20.4. The number of hydrogen-bond donors (Lipinski definition) is 4. The molecule has 2 heterocycles. The zero-order valence-electron chi connectivity index (χ0n) is 25.9. The third-order valence-electron chi connectivity index (χ3n) is 6.65. The van der Waals surface area contributed by atoms with Gasteiger partial charge in [-0.3, -0.25) is 9.59 Å². The summed E-state index contributed by atoms with van der Waals surface area (Å²) in [6.45, 7) is 0.730. The molecule has 0 spiro atoms. The number of thioether (sulfide) groups is 1. The standard InChI is InChI=1S/C32H31ClN8O4S2.2ClH/c33-21-5-1-20(2-6-21)30-40-22(17-46-30)18-47-31-25(16-36)28(24(15-35)29(38)41-31)19-3-7-23(8-4-19)44-13-14-45-32(43)26(39-12-11-34)9-10-27(37)42;;/h1-8,17,26,39H,9-14,18,34H2,(H2,37,42)(H2,38,41);2*1H/t26-;;/m0../s1. The summed E-state index contributed by atoms with van der Waals surface area (Å²) in [6.07, 6.45) is 0.226. The number of amides is 1. The molecule has 4 aromatic rings. The number of carbonyl (C=O) groups is 2. The van der Waals surface area contributed by atoms with E-state index in [0.29, 0.717) is 45.8 Å². The van der Waals surface area contributed by atoms with Crippen LogP contribution in [0, 0.1) is 22.7 Å². The number of anilines is 1. The zero-order valence-corrected chi connectivity index (χ0v) is 29.9. The van der Waals surface area contributed by atoms with Crippen molar-refractivity contribution in [2.45, 2.75) is 29.7 Å². The first-order valence-electron chi connectivity index (χ1n) is 14.3. The van der Waals surface area contributed by atoms with E-state index >= 15 is 0 Å². The van der Waals surface area contributed by atoms with Crippen LogP contribution < -0.4 is 27.3 Å². The summed E-state index contributed by atoms with van der Waals surface area (Å²) < 4.78 is 11.0. The van der Waals surface area contributed by atoms with Crippen LogP contribution in [-0.2, 0) is 20.1 Å². The van der Waals surface area contributed by atoms with Crippen molar-refractivity contribution in [1.82, 2.24) is 15.3 Å². The second-order valence-corrected chi connectivity index (χ2v) is 12.2. The molecule has 258 valence electrons. The van der Waals surface area contributed by atoms with Crippen LogP contribution in [0.1, 0.15) is 29.7 Å². The number of nitrogens with one attached hydrogen (secondary N) is 1. The van der Waals surface area contributed by atoms with Crippen molar-refractivity contribution in [1.29, 1.82) is 10.5 Å². The molecule has 0 aliphatic heterocycles. The van der Waals surface area contributed by atoms with Crippen molar-refractivity contribution in [3.05, 3.63) is 75.8 Å². The van der Waals surface area contributed by atoms with Crippen LogP contribution in [0.4, 0.5) is 5.82 Å². The molecule has 0 aliphatic rings. The maximum absolute atomic E-state index is 12.4. The molecule has 0 saturated heterocycles. The van der Waals surface area contributed by atoms with Gasteiger partial charge in [0.15, 0.2) is 0 Å². The number of rotatable bonds is 16. The fourth-order valence-corrected chi connectivity index (χ4v) is 6.34. The Balaban J connectivity index is 0.00000417. The quantitative estimate of drug-likeness (QED) is 0.0667. The average molecular weight is 764 g/mol. The Bertz CT molecular complexity index is 1800. The number of benzene rings is 2. The largest absolute Gasteiger partial charge is 0.490 e. The maximum atomic E-state index is 12.4. The van der Waals surface area contributed by atoms with Gasteiger partial charge >= 0.3 is 5.97 Å². The van der Waals surface area contributed by atoms with E-state index in [2.05, 4.69) is 22.4 Å². The highest BCUT2D eigenvalue weighted by atomic mass is 35.5. The van der Waals surface area contributed by atoms with Crippen LogP contribution in [0.2, 0.25) is 5.02 Å². The lowest BCUT2D eigenvalue weighted by Gasteiger charge is -2.17. The van der Waals surface area contributed by atoms with Crippen molar-refractivity contribution in [3.63, 3.8) is 0 Å². The number of primary amides is 1. The van der Waals surface area contributed by atoms with Crippen LogP contribution >= 0.6 is 59.5 Å². The Labute approximate surface area is 309 Å². The molecular formula is C32H33Cl3N8O4S2. The van der Waals surface area contributed by atoms with E-state index in [-0.39, 0.29) is 67.8 Å². The molecule has 0 radical (unpaired) electrons. The minimum Gasteiger partial charge on any atom is -0.490 e.